The van der Waals surface area contributed by atoms with Gasteiger partial charge in [0, 0.05) is 35.6 Å². The third-order valence-corrected chi connectivity index (χ3v) is 7.46. The zero-order chi connectivity index (χ0) is 20.3. The maximum atomic E-state index is 12.5. The van der Waals surface area contributed by atoms with E-state index in [-0.39, 0.29) is 0 Å². The SMILES string of the molecule is [O-][S+](CCCC1Cc2[nH]c3cccc(-c4ccccc4)c3c2CN1)c1ccccc1. The molecule has 0 spiro atoms. The second kappa shape index (κ2) is 8.68. The van der Waals surface area contributed by atoms with E-state index >= 15 is 0 Å². The largest absolute Gasteiger partial charge is 0.611 e. The topological polar surface area (TPSA) is 50.9 Å². The zero-order valence-corrected chi connectivity index (χ0v) is 17.8. The molecule has 1 aliphatic rings. The monoisotopic (exact) mass is 414 g/mol. The average Bonchev–Trinajstić information content (AvgIpc) is 3.18. The Balaban J connectivity index is 1.29. The minimum absolute atomic E-state index is 0.429. The van der Waals surface area contributed by atoms with Crippen LogP contribution in [0.15, 0.2) is 83.8 Å². The smallest absolute Gasteiger partial charge is 0.152 e. The van der Waals surface area contributed by atoms with Gasteiger partial charge in [-0.15, -0.1) is 0 Å². The van der Waals surface area contributed by atoms with Crippen LogP contribution in [0.5, 0.6) is 0 Å². The van der Waals surface area contributed by atoms with Crippen LogP contribution in [0, 0.1) is 0 Å². The van der Waals surface area contributed by atoms with Crippen molar-refractivity contribution in [3.63, 3.8) is 0 Å². The van der Waals surface area contributed by atoms with E-state index in [2.05, 4.69) is 58.8 Å². The highest BCUT2D eigenvalue weighted by Crippen LogP contribution is 2.35. The highest BCUT2D eigenvalue weighted by Gasteiger charge is 2.24. The quantitative estimate of drug-likeness (QED) is 0.413. The van der Waals surface area contributed by atoms with Gasteiger partial charge in [-0.25, -0.2) is 0 Å². The van der Waals surface area contributed by atoms with E-state index in [9.17, 15) is 4.55 Å². The number of hydrogen-bond donors (Lipinski definition) is 2. The lowest BCUT2D eigenvalue weighted by Gasteiger charge is -2.24. The van der Waals surface area contributed by atoms with E-state index in [1.807, 2.05) is 30.3 Å². The summed E-state index contributed by atoms with van der Waals surface area (Å²) in [5.41, 5.74) is 6.52. The summed E-state index contributed by atoms with van der Waals surface area (Å²) in [6.07, 6.45) is 3.00. The van der Waals surface area contributed by atoms with Crippen molar-refractivity contribution in [2.24, 2.45) is 0 Å². The summed E-state index contributed by atoms with van der Waals surface area (Å²) >= 11 is -0.905. The standard InChI is InChI=1S/C26H26N2OS/c29-30(21-12-5-2-6-13-21)16-8-11-20-17-25-23(18-27-20)26-22(14-7-15-24(26)28-25)19-9-3-1-4-10-19/h1-7,9-10,12-15,20,27-28H,8,11,16-18H2. The fourth-order valence-electron chi connectivity index (χ4n) is 4.52. The van der Waals surface area contributed by atoms with Crippen LogP contribution in [-0.4, -0.2) is 21.3 Å². The minimum atomic E-state index is -0.905. The van der Waals surface area contributed by atoms with Crippen LogP contribution in [0.25, 0.3) is 22.0 Å². The molecule has 4 aromatic rings. The van der Waals surface area contributed by atoms with Crippen molar-refractivity contribution in [3.8, 4) is 11.1 Å². The van der Waals surface area contributed by atoms with Crippen LogP contribution < -0.4 is 5.32 Å². The van der Waals surface area contributed by atoms with Gasteiger partial charge in [-0.3, -0.25) is 0 Å². The molecule has 0 fully saturated rings. The molecule has 0 radical (unpaired) electrons. The lowest BCUT2D eigenvalue weighted by atomic mass is 9.94. The van der Waals surface area contributed by atoms with Gasteiger partial charge in [0.25, 0.3) is 0 Å². The molecule has 0 amide bonds. The van der Waals surface area contributed by atoms with E-state index in [1.165, 1.54) is 33.3 Å². The molecule has 0 aliphatic carbocycles. The average molecular weight is 415 g/mol. The highest BCUT2D eigenvalue weighted by atomic mass is 32.2. The van der Waals surface area contributed by atoms with Crippen molar-refractivity contribution in [3.05, 3.63) is 90.1 Å². The molecule has 5 rings (SSSR count). The number of aromatic amines is 1. The summed E-state index contributed by atoms with van der Waals surface area (Å²) in [6, 6.07) is 27.4. The predicted molar refractivity (Wildman–Crippen MR) is 125 cm³/mol. The molecule has 30 heavy (non-hydrogen) atoms. The fraction of sp³-hybridized carbons (Fsp3) is 0.231. The first-order valence-electron chi connectivity index (χ1n) is 10.6. The van der Waals surface area contributed by atoms with E-state index < -0.39 is 11.2 Å². The van der Waals surface area contributed by atoms with E-state index in [4.69, 9.17) is 0 Å². The van der Waals surface area contributed by atoms with Crippen LogP contribution >= 0.6 is 0 Å². The van der Waals surface area contributed by atoms with Gasteiger partial charge in [-0.05, 0) is 58.9 Å². The Hall–Kier alpha value is -2.53. The number of benzene rings is 3. The Labute approximate surface area is 180 Å². The molecule has 2 heterocycles. The number of fused-ring (bicyclic) bond motifs is 3. The normalized spacial score (nSPS) is 17.0. The molecule has 2 atom stereocenters. The Kier molecular flexibility index (Phi) is 5.63. The Morgan fingerprint density at radius 1 is 0.900 bits per heavy atom. The summed E-state index contributed by atoms with van der Waals surface area (Å²) in [7, 11) is 0. The van der Waals surface area contributed by atoms with Crippen molar-refractivity contribution in [1.29, 1.82) is 0 Å². The van der Waals surface area contributed by atoms with Crippen molar-refractivity contribution in [2.45, 2.75) is 36.7 Å². The number of aromatic nitrogens is 1. The lowest BCUT2D eigenvalue weighted by Crippen LogP contribution is -2.35. The van der Waals surface area contributed by atoms with E-state index in [0.29, 0.717) is 6.04 Å². The first-order chi connectivity index (χ1) is 14.8. The van der Waals surface area contributed by atoms with Gasteiger partial charge in [0.15, 0.2) is 4.90 Å². The maximum absolute atomic E-state index is 12.5. The van der Waals surface area contributed by atoms with Gasteiger partial charge in [0.05, 0.1) is 0 Å². The van der Waals surface area contributed by atoms with Crippen molar-refractivity contribution >= 4 is 22.1 Å². The Morgan fingerprint density at radius 3 is 2.47 bits per heavy atom. The molecular formula is C26H26N2OS. The van der Waals surface area contributed by atoms with Crippen LogP contribution in [-0.2, 0) is 24.1 Å². The van der Waals surface area contributed by atoms with Crippen LogP contribution in [0.1, 0.15) is 24.1 Å². The molecular weight excluding hydrogens is 388 g/mol. The van der Waals surface area contributed by atoms with Crippen LogP contribution in [0.2, 0.25) is 0 Å². The summed E-state index contributed by atoms with van der Waals surface area (Å²) in [5, 5.41) is 5.07. The highest BCUT2D eigenvalue weighted by molar-refractivity contribution is 7.91. The van der Waals surface area contributed by atoms with Gasteiger partial charge < -0.3 is 14.9 Å². The molecule has 4 heteroatoms. The molecule has 0 saturated carbocycles. The minimum Gasteiger partial charge on any atom is -0.611 e. The summed E-state index contributed by atoms with van der Waals surface area (Å²) in [4.78, 5) is 4.61. The first-order valence-corrected chi connectivity index (χ1v) is 12.0. The molecule has 0 saturated heterocycles. The zero-order valence-electron chi connectivity index (χ0n) is 16.9. The Morgan fingerprint density at radius 2 is 1.67 bits per heavy atom. The second-order valence-electron chi connectivity index (χ2n) is 7.96. The van der Waals surface area contributed by atoms with Gasteiger partial charge >= 0.3 is 0 Å². The molecule has 2 N–H and O–H groups in total. The summed E-state index contributed by atoms with van der Waals surface area (Å²) in [6.45, 7) is 0.881. The molecule has 3 nitrogen and oxygen atoms in total. The van der Waals surface area contributed by atoms with Gasteiger partial charge in [0.2, 0.25) is 0 Å². The van der Waals surface area contributed by atoms with Gasteiger partial charge in [-0.2, -0.15) is 0 Å². The number of rotatable bonds is 6. The van der Waals surface area contributed by atoms with Crippen LogP contribution in [0.3, 0.4) is 0 Å². The number of H-pyrrole nitrogens is 1. The second-order valence-corrected chi connectivity index (χ2v) is 9.53. The summed E-state index contributed by atoms with van der Waals surface area (Å²) in [5.74, 6) is 0.722. The third-order valence-electron chi connectivity index (χ3n) is 6.01. The first kappa shape index (κ1) is 19.4. The van der Waals surface area contributed by atoms with Crippen LogP contribution in [0.4, 0.5) is 0 Å². The molecule has 3 aromatic carbocycles. The lowest BCUT2D eigenvalue weighted by molar-refractivity contribution is 0.445. The Bertz CT molecular complexity index is 1120. The fourth-order valence-corrected chi connectivity index (χ4v) is 5.64. The van der Waals surface area contributed by atoms with Crippen molar-refractivity contribution < 1.29 is 4.55 Å². The molecule has 2 unspecified atom stereocenters. The summed E-state index contributed by atoms with van der Waals surface area (Å²) < 4.78 is 12.5. The van der Waals surface area contributed by atoms with Crippen molar-refractivity contribution in [2.75, 3.05) is 5.75 Å². The number of hydrogen-bond acceptors (Lipinski definition) is 2. The molecule has 1 aliphatic heterocycles. The van der Waals surface area contributed by atoms with Gasteiger partial charge in [-0.1, -0.05) is 60.7 Å². The maximum Gasteiger partial charge on any atom is 0.152 e. The third kappa shape index (κ3) is 3.91. The van der Waals surface area contributed by atoms with E-state index in [0.717, 1.165) is 36.5 Å². The van der Waals surface area contributed by atoms with Gasteiger partial charge in [0.1, 0.15) is 5.75 Å². The molecule has 1 aromatic heterocycles. The predicted octanol–water partition coefficient (Wildman–Crippen LogP) is 5.44. The molecule has 152 valence electrons. The van der Waals surface area contributed by atoms with Crippen molar-refractivity contribution in [1.82, 2.24) is 10.3 Å². The molecule has 0 bridgehead atoms. The van der Waals surface area contributed by atoms with E-state index in [1.54, 1.807) is 0 Å². The number of nitrogens with one attached hydrogen (secondary N) is 2.